The summed E-state index contributed by atoms with van der Waals surface area (Å²) in [6.07, 6.45) is 0.294. The van der Waals surface area contributed by atoms with Gasteiger partial charge in [0.15, 0.2) is 5.78 Å². The number of benzene rings is 3. The number of hydrogen-bond donors (Lipinski definition) is 3. The van der Waals surface area contributed by atoms with Gasteiger partial charge in [-0.2, -0.15) is 0 Å². The molecule has 0 saturated heterocycles. The third-order valence-corrected chi connectivity index (χ3v) is 4.82. The summed E-state index contributed by atoms with van der Waals surface area (Å²) < 4.78 is 11.8. The average Bonchev–Trinajstić information content (AvgIpc) is 2.83. The van der Waals surface area contributed by atoms with Crippen LogP contribution in [0.3, 0.4) is 0 Å². The van der Waals surface area contributed by atoms with E-state index in [1.54, 1.807) is 41.9 Å². The highest BCUT2D eigenvalue weighted by molar-refractivity contribution is 5.81. The first-order chi connectivity index (χ1) is 15.6. The van der Waals surface area contributed by atoms with E-state index >= 15 is 0 Å². The number of aliphatic hydroxyl groups excluding tert-OH is 1. The quantitative estimate of drug-likeness (QED) is 0.316. The molecular formula is C25H25NO6. The number of carbonyl (C=O) groups is 2. The minimum Gasteiger partial charge on any atom is -0.489 e. The first-order valence-corrected chi connectivity index (χ1v) is 10.1. The van der Waals surface area contributed by atoms with Gasteiger partial charge in [-0.25, -0.2) is 5.48 Å². The fraction of sp³-hybridized carbons (Fsp3) is 0.200. The van der Waals surface area contributed by atoms with Crippen molar-refractivity contribution in [3.05, 3.63) is 95.1 Å². The van der Waals surface area contributed by atoms with Gasteiger partial charge in [-0.1, -0.05) is 48.5 Å². The molecule has 166 valence electrons. The zero-order chi connectivity index (χ0) is 22.8. The molecular weight excluding hydrogens is 410 g/mol. The average molecular weight is 435 g/mol. The fourth-order valence-corrected chi connectivity index (χ4v) is 3.08. The largest absolute Gasteiger partial charge is 0.489 e. The summed E-state index contributed by atoms with van der Waals surface area (Å²) in [5.74, 6) is 0.657. The van der Waals surface area contributed by atoms with Crippen LogP contribution in [0.2, 0.25) is 0 Å². The molecule has 0 atom stereocenters. The number of ether oxygens (including phenoxy) is 2. The lowest BCUT2D eigenvalue weighted by atomic mass is 10.1. The lowest BCUT2D eigenvalue weighted by Crippen LogP contribution is -2.20. The van der Waals surface area contributed by atoms with E-state index < -0.39 is 12.5 Å². The van der Waals surface area contributed by atoms with Crippen LogP contribution in [0.5, 0.6) is 11.5 Å². The van der Waals surface area contributed by atoms with Crippen molar-refractivity contribution in [2.75, 3.05) is 6.61 Å². The SMILES string of the molecule is O=C(CO)Cc1ccc(OCc2ccccc2COc2ccc(CC(=O)NO)cc2)cc1. The second-order valence-electron chi connectivity index (χ2n) is 7.22. The Morgan fingerprint density at radius 2 is 1.19 bits per heavy atom. The number of carbonyl (C=O) groups excluding carboxylic acids is 2. The molecule has 0 radical (unpaired) electrons. The van der Waals surface area contributed by atoms with Gasteiger partial charge in [0.2, 0.25) is 5.91 Å². The molecule has 1 amide bonds. The Morgan fingerprint density at radius 1 is 0.719 bits per heavy atom. The third-order valence-electron chi connectivity index (χ3n) is 4.82. The molecule has 0 aliphatic heterocycles. The van der Waals surface area contributed by atoms with Crippen LogP contribution in [-0.2, 0) is 35.6 Å². The standard InChI is InChI=1S/C25H25NO6/c27-15-22(28)13-18-5-9-23(10-6-18)31-16-20-3-1-2-4-21(20)17-32-24-11-7-19(8-12-24)14-25(29)26-30/h1-12,27,30H,13-17H2,(H,26,29). The summed E-state index contributed by atoms with van der Waals surface area (Å²) in [4.78, 5) is 22.6. The number of aliphatic hydroxyl groups is 1. The number of nitrogens with one attached hydrogen (secondary N) is 1. The predicted molar refractivity (Wildman–Crippen MR) is 117 cm³/mol. The van der Waals surface area contributed by atoms with Crippen molar-refractivity contribution in [2.24, 2.45) is 0 Å². The lowest BCUT2D eigenvalue weighted by molar-refractivity contribution is -0.128. The molecule has 0 heterocycles. The minimum absolute atomic E-state index is 0.0929. The fourth-order valence-electron chi connectivity index (χ4n) is 3.08. The normalized spacial score (nSPS) is 10.4. The van der Waals surface area contributed by atoms with E-state index in [1.807, 2.05) is 36.4 Å². The van der Waals surface area contributed by atoms with E-state index in [0.29, 0.717) is 24.7 Å². The molecule has 0 bridgehead atoms. The van der Waals surface area contributed by atoms with Crippen molar-refractivity contribution in [3.63, 3.8) is 0 Å². The second kappa shape index (κ2) is 11.6. The zero-order valence-electron chi connectivity index (χ0n) is 17.5. The maximum Gasteiger partial charge on any atom is 0.247 e. The molecule has 7 heteroatoms. The zero-order valence-corrected chi connectivity index (χ0v) is 17.5. The van der Waals surface area contributed by atoms with Crippen LogP contribution in [0, 0.1) is 0 Å². The van der Waals surface area contributed by atoms with Crippen LogP contribution in [-0.4, -0.2) is 28.6 Å². The summed E-state index contributed by atoms with van der Waals surface area (Å²) in [6.45, 7) is 0.268. The highest BCUT2D eigenvalue weighted by atomic mass is 16.5. The Kier molecular flexibility index (Phi) is 8.36. The number of ketones is 1. The molecule has 3 aromatic rings. The molecule has 32 heavy (non-hydrogen) atoms. The van der Waals surface area contributed by atoms with E-state index in [0.717, 1.165) is 22.3 Å². The molecule has 7 nitrogen and oxygen atoms in total. The molecule has 3 aromatic carbocycles. The van der Waals surface area contributed by atoms with Gasteiger partial charge in [0, 0.05) is 6.42 Å². The number of hydrogen-bond acceptors (Lipinski definition) is 6. The molecule has 0 aliphatic carbocycles. The van der Waals surface area contributed by atoms with Gasteiger partial charge < -0.3 is 14.6 Å². The summed E-state index contributed by atoms with van der Waals surface area (Å²) in [5, 5.41) is 17.5. The van der Waals surface area contributed by atoms with Crippen molar-refractivity contribution in [3.8, 4) is 11.5 Å². The van der Waals surface area contributed by atoms with Gasteiger partial charge in [-0.3, -0.25) is 14.8 Å². The van der Waals surface area contributed by atoms with Gasteiger partial charge in [0.05, 0.1) is 6.42 Å². The summed E-state index contributed by atoms with van der Waals surface area (Å²) in [5.41, 5.74) is 5.18. The Hall–Kier alpha value is -3.68. The van der Waals surface area contributed by atoms with Crippen molar-refractivity contribution in [2.45, 2.75) is 26.1 Å². The maximum absolute atomic E-state index is 11.3. The van der Waals surface area contributed by atoms with E-state index in [-0.39, 0.29) is 18.6 Å². The molecule has 0 aliphatic rings. The Morgan fingerprint density at radius 3 is 1.62 bits per heavy atom. The number of amides is 1. The lowest BCUT2D eigenvalue weighted by Gasteiger charge is -2.13. The van der Waals surface area contributed by atoms with Crippen LogP contribution in [0.4, 0.5) is 0 Å². The summed E-state index contributed by atoms with van der Waals surface area (Å²) in [6, 6.07) is 22.2. The Balaban J connectivity index is 1.55. The van der Waals surface area contributed by atoms with Crippen molar-refractivity contribution >= 4 is 11.7 Å². The number of hydroxylamine groups is 1. The van der Waals surface area contributed by atoms with Gasteiger partial charge in [0.1, 0.15) is 31.3 Å². The van der Waals surface area contributed by atoms with E-state index in [9.17, 15) is 9.59 Å². The van der Waals surface area contributed by atoms with Gasteiger partial charge in [0.25, 0.3) is 0 Å². The molecule has 0 unspecified atom stereocenters. The van der Waals surface area contributed by atoms with Crippen LogP contribution in [0.25, 0.3) is 0 Å². The van der Waals surface area contributed by atoms with Crippen LogP contribution in [0.1, 0.15) is 22.3 Å². The topological polar surface area (TPSA) is 105 Å². The first-order valence-electron chi connectivity index (χ1n) is 10.1. The molecule has 3 N–H and O–H groups in total. The van der Waals surface area contributed by atoms with Gasteiger partial charge in [-0.15, -0.1) is 0 Å². The maximum atomic E-state index is 11.3. The molecule has 0 aromatic heterocycles. The highest BCUT2D eigenvalue weighted by Crippen LogP contribution is 2.19. The molecule has 0 saturated carbocycles. The summed E-state index contributed by atoms with van der Waals surface area (Å²) >= 11 is 0. The van der Waals surface area contributed by atoms with Crippen LogP contribution in [0.15, 0.2) is 72.8 Å². The molecule has 3 rings (SSSR count). The Bertz CT molecular complexity index is 947. The number of rotatable bonds is 11. The van der Waals surface area contributed by atoms with Crippen LogP contribution < -0.4 is 15.0 Å². The van der Waals surface area contributed by atoms with E-state index in [2.05, 4.69) is 0 Å². The smallest absolute Gasteiger partial charge is 0.247 e. The van der Waals surface area contributed by atoms with Crippen molar-refractivity contribution in [1.29, 1.82) is 0 Å². The third kappa shape index (κ3) is 6.94. The number of Topliss-reactive ketones (excluding diaryl/α,β-unsaturated/α-hetero) is 1. The first kappa shape index (κ1) is 23.0. The Labute approximate surface area is 186 Å². The second-order valence-corrected chi connectivity index (χ2v) is 7.22. The summed E-state index contributed by atoms with van der Waals surface area (Å²) in [7, 11) is 0. The van der Waals surface area contributed by atoms with E-state index in [4.69, 9.17) is 19.8 Å². The minimum atomic E-state index is -0.471. The van der Waals surface area contributed by atoms with Gasteiger partial charge in [-0.05, 0) is 46.5 Å². The highest BCUT2D eigenvalue weighted by Gasteiger charge is 2.07. The van der Waals surface area contributed by atoms with Crippen molar-refractivity contribution in [1.82, 2.24) is 5.48 Å². The van der Waals surface area contributed by atoms with E-state index in [1.165, 1.54) is 0 Å². The van der Waals surface area contributed by atoms with Crippen LogP contribution >= 0.6 is 0 Å². The molecule has 0 fully saturated rings. The monoisotopic (exact) mass is 435 g/mol. The van der Waals surface area contributed by atoms with Crippen molar-refractivity contribution < 1.29 is 29.4 Å². The molecule has 0 spiro atoms. The van der Waals surface area contributed by atoms with Gasteiger partial charge >= 0.3 is 0 Å². The predicted octanol–water partition coefficient (Wildman–Crippen LogP) is 3.00.